The quantitative estimate of drug-likeness (QED) is 0.772. The van der Waals surface area contributed by atoms with E-state index in [2.05, 4.69) is 12.2 Å². The third kappa shape index (κ3) is 4.41. The van der Waals surface area contributed by atoms with E-state index in [0.29, 0.717) is 12.0 Å². The van der Waals surface area contributed by atoms with Crippen LogP contribution in [0.2, 0.25) is 0 Å². The monoisotopic (exact) mass is 277 g/mol. The van der Waals surface area contributed by atoms with Gasteiger partial charge in [-0.25, -0.2) is 0 Å². The molecular formula is C17H27NO2. The molecule has 0 bridgehead atoms. The van der Waals surface area contributed by atoms with Crippen LogP contribution in [0.3, 0.4) is 0 Å². The summed E-state index contributed by atoms with van der Waals surface area (Å²) in [6.07, 6.45) is 6.89. The molecule has 3 heteroatoms. The predicted molar refractivity (Wildman–Crippen MR) is 82.6 cm³/mol. The van der Waals surface area contributed by atoms with Crippen LogP contribution < -0.4 is 14.8 Å². The maximum atomic E-state index is 5.76. The van der Waals surface area contributed by atoms with Crippen LogP contribution in [0.5, 0.6) is 11.5 Å². The first-order chi connectivity index (χ1) is 9.73. The van der Waals surface area contributed by atoms with Crippen LogP contribution in [-0.4, -0.2) is 26.8 Å². The van der Waals surface area contributed by atoms with Crippen molar-refractivity contribution >= 4 is 0 Å². The minimum Gasteiger partial charge on any atom is -0.493 e. The van der Waals surface area contributed by atoms with Gasteiger partial charge in [-0.15, -0.1) is 0 Å². The third-order valence-electron chi connectivity index (χ3n) is 4.22. The van der Waals surface area contributed by atoms with Gasteiger partial charge < -0.3 is 14.8 Å². The van der Waals surface area contributed by atoms with Crippen molar-refractivity contribution in [2.75, 3.05) is 26.8 Å². The molecule has 0 unspecified atom stereocenters. The second-order valence-electron chi connectivity index (χ2n) is 6.05. The fraction of sp³-hybridized carbons (Fsp3) is 0.647. The molecule has 1 fully saturated rings. The lowest BCUT2D eigenvalue weighted by Crippen LogP contribution is -2.35. The van der Waals surface area contributed by atoms with Gasteiger partial charge in [-0.1, -0.05) is 38.3 Å². The fourth-order valence-corrected chi connectivity index (χ4v) is 2.94. The van der Waals surface area contributed by atoms with Crippen molar-refractivity contribution in [2.45, 2.75) is 39.0 Å². The van der Waals surface area contributed by atoms with Crippen LogP contribution in [0.4, 0.5) is 0 Å². The number of rotatable bonds is 7. The normalized spacial score (nSPS) is 17.7. The van der Waals surface area contributed by atoms with Crippen LogP contribution in [0.15, 0.2) is 24.3 Å². The zero-order chi connectivity index (χ0) is 14.3. The Labute approximate surface area is 122 Å². The van der Waals surface area contributed by atoms with Gasteiger partial charge in [0.05, 0.1) is 7.11 Å². The molecule has 0 heterocycles. The topological polar surface area (TPSA) is 30.5 Å². The molecule has 0 spiro atoms. The van der Waals surface area contributed by atoms with E-state index >= 15 is 0 Å². The summed E-state index contributed by atoms with van der Waals surface area (Å²) in [6, 6.07) is 7.79. The van der Waals surface area contributed by atoms with Gasteiger partial charge in [0.15, 0.2) is 11.5 Å². The van der Waals surface area contributed by atoms with Crippen molar-refractivity contribution in [2.24, 2.45) is 5.41 Å². The standard InChI is InChI=1S/C17H27NO2/c1-17(10-6-3-7-11-17)14-18-12-13-20-16-9-5-4-8-15(16)19-2/h4-5,8-9,18H,3,6-7,10-14H2,1-2H3. The maximum Gasteiger partial charge on any atom is 0.161 e. The molecular weight excluding hydrogens is 250 g/mol. The van der Waals surface area contributed by atoms with Crippen molar-refractivity contribution in [1.82, 2.24) is 5.32 Å². The minimum atomic E-state index is 0.489. The summed E-state index contributed by atoms with van der Waals surface area (Å²) in [7, 11) is 1.67. The van der Waals surface area contributed by atoms with Crippen molar-refractivity contribution in [3.8, 4) is 11.5 Å². The van der Waals surface area contributed by atoms with Crippen LogP contribution >= 0.6 is 0 Å². The Morgan fingerprint density at radius 3 is 2.50 bits per heavy atom. The molecule has 20 heavy (non-hydrogen) atoms. The smallest absolute Gasteiger partial charge is 0.161 e. The average molecular weight is 277 g/mol. The van der Waals surface area contributed by atoms with E-state index in [1.807, 2.05) is 24.3 Å². The van der Waals surface area contributed by atoms with Gasteiger partial charge >= 0.3 is 0 Å². The second kappa shape index (κ2) is 7.53. The molecule has 0 amide bonds. The summed E-state index contributed by atoms with van der Waals surface area (Å²) < 4.78 is 11.0. The van der Waals surface area contributed by atoms with Crippen LogP contribution in [0.1, 0.15) is 39.0 Å². The lowest BCUT2D eigenvalue weighted by Gasteiger charge is -2.33. The largest absolute Gasteiger partial charge is 0.493 e. The molecule has 0 aliphatic heterocycles. The van der Waals surface area contributed by atoms with Gasteiger partial charge in [0, 0.05) is 13.1 Å². The Hall–Kier alpha value is -1.22. The summed E-state index contributed by atoms with van der Waals surface area (Å²) in [6.45, 7) is 5.06. The highest BCUT2D eigenvalue weighted by atomic mass is 16.5. The van der Waals surface area contributed by atoms with E-state index in [9.17, 15) is 0 Å². The number of para-hydroxylation sites is 2. The van der Waals surface area contributed by atoms with Crippen molar-refractivity contribution in [3.63, 3.8) is 0 Å². The number of nitrogens with one attached hydrogen (secondary N) is 1. The number of benzene rings is 1. The third-order valence-corrected chi connectivity index (χ3v) is 4.22. The van der Waals surface area contributed by atoms with E-state index in [0.717, 1.165) is 24.6 Å². The van der Waals surface area contributed by atoms with Crippen molar-refractivity contribution in [1.29, 1.82) is 0 Å². The van der Waals surface area contributed by atoms with Gasteiger partial charge in [0.25, 0.3) is 0 Å². The van der Waals surface area contributed by atoms with E-state index in [1.54, 1.807) is 7.11 Å². The summed E-state index contributed by atoms with van der Waals surface area (Å²) in [5, 5.41) is 3.54. The highest BCUT2D eigenvalue weighted by Gasteiger charge is 2.25. The Morgan fingerprint density at radius 2 is 1.80 bits per heavy atom. The maximum absolute atomic E-state index is 5.76. The Morgan fingerprint density at radius 1 is 1.10 bits per heavy atom. The highest BCUT2D eigenvalue weighted by molar-refractivity contribution is 5.39. The molecule has 1 aromatic carbocycles. The SMILES string of the molecule is COc1ccccc1OCCNCC1(C)CCCCC1. The van der Waals surface area contributed by atoms with E-state index in [-0.39, 0.29) is 0 Å². The lowest BCUT2D eigenvalue weighted by molar-refractivity contribution is 0.201. The first-order valence-electron chi connectivity index (χ1n) is 7.70. The highest BCUT2D eigenvalue weighted by Crippen LogP contribution is 2.34. The summed E-state index contributed by atoms with van der Waals surface area (Å²) in [5.41, 5.74) is 0.489. The van der Waals surface area contributed by atoms with Gasteiger partial charge in [0.2, 0.25) is 0 Å². The van der Waals surface area contributed by atoms with E-state index < -0.39 is 0 Å². The average Bonchev–Trinajstić information content (AvgIpc) is 2.48. The van der Waals surface area contributed by atoms with E-state index in [4.69, 9.17) is 9.47 Å². The van der Waals surface area contributed by atoms with Crippen LogP contribution in [0.25, 0.3) is 0 Å². The zero-order valence-electron chi connectivity index (χ0n) is 12.8. The van der Waals surface area contributed by atoms with Gasteiger partial charge in [-0.3, -0.25) is 0 Å². The lowest BCUT2D eigenvalue weighted by atomic mass is 9.76. The number of hydrogen-bond acceptors (Lipinski definition) is 3. The number of methoxy groups -OCH3 is 1. The minimum absolute atomic E-state index is 0.489. The van der Waals surface area contributed by atoms with Gasteiger partial charge in [0.1, 0.15) is 6.61 Å². The molecule has 1 aliphatic rings. The zero-order valence-corrected chi connectivity index (χ0v) is 12.8. The fourth-order valence-electron chi connectivity index (χ4n) is 2.94. The molecule has 1 aliphatic carbocycles. The molecule has 1 saturated carbocycles. The first kappa shape index (κ1) is 15.2. The molecule has 1 N–H and O–H groups in total. The molecule has 2 rings (SSSR count). The molecule has 112 valence electrons. The molecule has 0 radical (unpaired) electrons. The van der Waals surface area contributed by atoms with Gasteiger partial charge in [-0.05, 0) is 30.4 Å². The van der Waals surface area contributed by atoms with Crippen molar-refractivity contribution < 1.29 is 9.47 Å². The Balaban J connectivity index is 1.66. The van der Waals surface area contributed by atoms with Crippen molar-refractivity contribution in [3.05, 3.63) is 24.3 Å². The molecule has 1 aromatic rings. The number of ether oxygens (including phenoxy) is 2. The first-order valence-corrected chi connectivity index (χ1v) is 7.70. The predicted octanol–water partition coefficient (Wildman–Crippen LogP) is 3.63. The summed E-state index contributed by atoms with van der Waals surface area (Å²) >= 11 is 0. The second-order valence-corrected chi connectivity index (χ2v) is 6.05. The molecule has 3 nitrogen and oxygen atoms in total. The molecule has 0 saturated heterocycles. The summed E-state index contributed by atoms with van der Waals surface area (Å²) in [4.78, 5) is 0. The van der Waals surface area contributed by atoms with Gasteiger partial charge in [-0.2, -0.15) is 0 Å². The summed E-state index contributed by atoms with van der Waals surface area (Å²) in [5.74, 6) is 1.62. The van der Waals surface area contributed by atoms with Crippen LogP contribution in [-0.2, 0) is 0 Å². The van der Waals surface area contributed by atoms with Crippen LogP contribution in [0, 0.1) is 5.41 Å². The van der Waals surface area contributed by atoms with E-state index in [1.165, 1.54) is 32.1 Å². The Kier molecular flexibility index (Phi) is 5.72. The number of hydrogen-bond donors (Lipinski definition) is 1. The molecule has 0 aromatic heterocycles. The Bertz CT molecular complexity index is 400. The molecule has 0 atom stereocenters.